The van der Waals surface area contributed by atoms with Crippen LogP contribution in [-0.2, 0) is 6.54 Å². The molecule has 0 saturated carbocycles. The van der Waals surface area contributed by atoms with Crippen molar-refractivity contribution < 1.29 is 0 Å². The van der Waals surface area contributed by atoms with E-state index in [1.807, 2.05) is 0 Å². The van der Waals surface area contributed by atoms with Gasteiger partial charge in [-0.05, 0) is 94.9 Å². The SMILES string of the molecule is CNCCC1CCN(Cc2cc(C)c(C)cc2C)CC1. The third-order valence-electron chi connectivity index (χ3n) is 4.86. The molecule has 2 heteroatoms. The van der Waals surface area contributed by atoms with Crippen LogP contribution in [0.1, 0.15) is 41.5 Å². The third kappa shape index (κ3) is 4.07. The van der Waals surface area contributed by atoms with Crippen molar-refractivity contribution in [3.05, 3.63) is 34.4 Å². The Balaban J connectivity index is 1.88. The predicted molar refractivity (Wildman–Crippen MR) is 87.2 cm³/mol. The van der Waals surface area contributed by atoms with Crippen molar-refractivity contribution in [2.45, 2.75) is 46.6 Å². The van der Waals surface area contributed by atoms with Crippen LogP contribution in [0.5, 0.6) is 0 Å². The second-order valence-electron chi connectivity index (χ2n) is 6.47. The molecule has 0 atom stereocenters. The second-order valence-corrected chi connectivity index (χ2v) is 6.47. The zero-order valence-corrected chi connectivity index (χ0v) is 13.6. The highest BCUT2D eigenvalue weighted by molar-refractivity contribution is 5.36. The van der Waals surface area contributed by atoms with Crippen LogP contribution in [0.25, 0.3) is 0 Å². The summed E-state index contributed by atoms with van der Waals surface area (Å²) in [5.41, 5.74) is 5.80. The van der Waals surface area contributed by atoms with Crippen LogP contribution in [0.4, 0.5) is 0 Å². The minimum Gasteiger partial charge on any atom is -0.320 e. The lowest BCUT2D eigenvalue weighted by Gasteiger charge is -2.32. The van der Waals surface area contributed by atoms with Crippen LogP contribution in [0, 0.1) is 26.7 Å². The fourth-order valence-corrected chi connectivity index (χ4v) is 3.21. The largest absolute Gasteiger partial charge is 0.320 e. The van der Waals surface area contributed by atoms with Gasteiger partial charge in [-0.25, -0.2) is 0 Å². The maximum Gasteiger partial charge on any atom is 0.0236 e. The Hall–Kier alpha value is -0.860. The normalized spacial score (nSPS) is 17.6. The number of nitrogens with zero attached hydrogens (tertiary/aromatic N) is 1. The van der Waals surface area contributed by atoms with Crippen LogP contribution in [0.15, 0.2) is 12.1 Å². The lowest BCUT2D eigenvalue weighted by molar-refractivity contribution is 0.172. The minimum absolute atomic E-state index is 0.930. The molecule has 0 unspecified atom stereocenters. The van der Waals surface area contributed by atoms with Gasteiger partial charge in [0.05, 0.1) is 0 Å². The van der Waals surface area contributed by atoms with Crippen molar-refractivity contribution in [2.75, 3.05) is 26.7 Å². The number of rotatable bonds is 5. The highest BCUT2D eigenvalue weighted by atomic mass is 15.1. The quantitative estimate of drug-likeness (QED) is 0.885. The van der Waals surface area contributed by atoms with Gasteiger partial charge in [0.1, 0.15) is 0 Å². The molecule has 1 aliphatic rings. The Kier molecular flexibility index (Phi) is 5.62. The monoisotopic (exact) mass is 274 g/mol. The second kappa shape index (κ2) is 7.24. The zero-order valence-electron chi connectivity index (χ0n) is 13.6. The van der Waals surface area contributed by atoms with E-state index in [2.05, 4.69) is 50.2 Å². The maximum atomic E-state index is 3.27. The fourth-order valence-electron chi connectivity index (χ4n) is 3.21. The van der Waals surface area contributed by atoms with Gasteiger partial charge >= 0.3 is 0 Å². The summed E-state index contributed by atoms with van der Waals surface area (Å²) in [6.07, 6.45) is 4.07. The van der Waals surface area contributed by atoms with E-state index in [0.717, 1.165) is 12.5 Å². The Bertz CT molecular complexity index is 431. The van der Waals surface area contributed by atoms with Gasteiger partial charge in [0, 0.05) is 6.54 Å². The van der Waals surface area contributed by atoms with Crippen molar-refractivity contribution >= 4 is 0 Å². The summed E-state index contributed by atoms with van der Waals surface area (Å²) in [6.45, 7) is 11.5. The topological polar surface area (TPSA) is 15.3 Å². The van der Waals surface area contributed by atoms with E-state index in [9.17, 15) is 0 Å². The number of hydrogen-bond acceptors (Lipinski definition) is 2. The molecule has 0 radical (unpaired) electrons. The molecule has 1 saturated heterocycles. The molecule has 0 bridgehead atoms. The molecule has 0 spiro atoms. The van der Waals surface area contributed by atoms with Gasteiger partial charge in [-0.3, -0.25) is 4.90 Å². The Labute approximate surface area is 124 Å². The number of aryl methyl sites for hydroxylation is 3. The number of benzene rings is 1. The van der Waals surface area contributed by atoms with E-state index >= 15 is 0 Å². The lowest BCUT2D eigenvalue weighted by Crippen LogP contribution is -2.34. The molecule has 1 aromatic rings. The fraction of sp³-hybridized carbons (Fsp3) is 0.667. The van der Waals surface area contributed by atoms with E-state index in [1.54, 1.807) is 0 Å². The van der Waals surface area contributed by atoms with Crippen molar-refractivity contribution in [2.24, 2.45) is 5.92 Å². The molecule has 1 aliphatic heterocycles. The summed E-state index contributed by atoms with van der Waals surface area (Å²) in [7, 11) is 2.05. The average molecular weight is 274 g/mol. The van der Waals surface area contributed by atoms with Gasteiger partial charge in [-0.15, -0.1) is 0 Å². The Morgan fingerprint density at radius 3 is 2.35 bits per heavy atom. The van der Waals surface area contributed by atoms with Crippen molar-refractivity contribution in [1.29, 1.82) is 0 Å². The molecule has 2 rings (SSSR count). The number of hydrogen-bond donors (Lipinski definition) is 1. The van der Waals surface area contributed by atoms with Crippen LogP contribution < -0.4 is 5.32 Å². The van der Waals surface area contributed by atoms with Crippen molar-refractivity contribution in [3.8, 4) is 0 Å². The first kappa shape index (κ1) is 15.5. The highest BCUT2D eigenvalue weighted by Gasteiger charge is 2.19. The number of likely N-dealkylation sites (tertiary alicyclic amines) is 1. The zero-order chi connectivity index (χ0) is 14.5. The van der Waals surface area contributed by atoms with Gasteiger partial charge < -0.3 is 5.32 Å². The van der Waals surface area contributed by atoms with E-state index in [4.69, 9.17) is 0 Å². The lowest BCUT2D eigenvalue weighted by atomic mass is 9.93. The molecule has 1 heterocycles. The predicted octanol–water partition coefficient (Wildman–Crippen LogP) is 3.43. The van der Waals surface area contributed by atoms with Crippen molar-refractivity contribution in [3.63, 3.8) is 0 Å². The molecular weight excluding hydrogens is 244 g/mol. The molecule has 1 aromatic carbocycles. The summed E-state index contributed by atoms with van der Waals surface area (Å²) >= 11 is 0. The highest BCUT2D eigenvalue weighted by Crippen LogP contribution is 2.23. The van der Waals surface area contributed by atoms with E-state index in [0.29, 0.717) is 0 Å². The van der Waals surface area contributed by atoms with Gasteiger partial charge in [-0.1, -0.05) is 12.1 Å². The molecule has 112 valence electrons. The molecular formula is C18H30N2. The van der Waals surface area contributed by atoms with Crippen LogP contribution in [-0.4, -0.2) is 31.6 Å². The average Bonchev–Trinajstić information content (AvgIpc) is 2.44. The maximum absolute atomic E-state index is 3.27. The molecule has 0 aromatic heterocycles. The summed E-state index contributed by atoms with van der Waals surface area (Å²) in [5, 5.41) is 3.27. The first-order chi connectivity index (χ1) is 9.60. The van der Waals surface area contributed by atoms with Gasteiger partial charge in [0.2, 0.25) is 0 Å². The van der Waals surface area contributed by atoms with Gasteiger partial charge in [0.15, 0.2) is 0 Å². The van der Waals surface area contributed by atoms with Gasteiger partial charge in [-0.2, -0.15) is 0 Å². The van der Waals surface area contributed by atoms with E-state index in [-0.39, 0.29) is 0 Å². The summed E-state index contributed by atoms with van der Waals surface area (Å²) in [6, 6.07) is 4.72. The Morgan fingerprint density at radius 1 is 1.05 bits per heavy atom. The molecule has 1 N–H and O–H groups in total. The smallest absolute Gasteiger partial charge is 0.0236 e. The number of nitrogens with one attached hydrogen (secondary N) is 1. The van der Waals surface area contributed by atoms with Gasteiger partial charge in [0.25, 0.3) is 0 Å². The van der Waals surface area contributed by atoms with Crippen LogP contribution in [0.2, 0.25) is 0 Å². The summed E-state index contributed by atoms with van der Waals surface area (Å²) < 4.78 is 0. The standard InChI is InChI=1S/C18H30N2/c1-14-11-16(3)18(12-15(14)2)13-20-9-6-17(7-10-20)5-8-19-4/h11-12,17,19H,5-10,13H2,1-4H3. The first-order valence-electron chi connectivity index (χ1n) is 8.04. The summed E-state index contributed by atoms with van der Waals surface area (Å²) in [5.74, 6) is 0.930. The molecule has 20 heavy (non-hydrogen) atoms. The first-order valence-corrected chi connectivity index (χ1v) is 8.04. The van der Waals surface area contributed by atoms with Crippen LogP contribution >= 0.6 is 0 Å². The molecule has 1 fully saturated rings. The molecule has 0 amide bonds. The molecule has 0 aliphatic carbocycles. The van der Waals surface area contributed by atoms with E-state index in [1.165, 1.54) is 61.2 Å². The van der Waals surface area contributed by atoms with Crippen molar-refractivity contribution in [1.82, 2.24) is 10.2 Å². The molecule has 2 nitrogen and oxygen atoms in total. The number of piperidine rings is 1. The van der Waals surface area contributed by atoms with E-state index < -0.39 is 0 Å². The Morgan fingerprint density at radius 2 is 1.70 bits per heavy atom. The third-order valence-corrected chi connectivity index (χ3v) is 4.86. The van der Waals surface area contributed by atoms with Crippen LogP contribution in [0.3, 0.4) is 0 Å². The summed E-state index contributed by atoms with van der Waals surface area (Å²) in [4.78, 5) is 2.63. The minimum atomic E-state index is 0.930.